The number of sulfone groups is 1. The minimum atomic E-state index is -3.69. The minimum Gasteiger partial charge on any atom is -0.277 e. The monoisotopic (exact) mass is 420 g/mol. The van der Waals surface area contributed by atoms with Gasteiger partial charge < -0.3 is 0 Å². The van der Waals surface area contributed by atoms with Crippen LogP contribution in [0.15, 0.2) is 54.6 Å². The number of rotatable bonds is 6. The smallest absolute Gasteiger partial charge is 0.277 e. The van der Waals surface area contributed by atoms with Gasteiger partial charge in [0.25, 0.3) is 0 Å². The van der Waals surface area contributed by atoms with Crippen LogP contribution in [0.25, 0.3) is 0 Å². The molecule has 4 amide bonds. The Hall–Kier alpha value is -2.71. The van der Waals surface area contributed by atoms with Gasteiger partial charge in [-0.1, -0.05) is 54.1 Å². The third-order valence-electron chi connectivity index (χ3n) is 4.40. The van der Waals surface area contributed by atoms with Gasteiger partial charge in [-0.25, -0.2) is 13.2 Å². The molecule has 3 rings (SSSR count). The Bertz CT molecular complexity index is 986. The molecule has 0 aliphatic carbocycles. The fraction of sp³-hybridized carbons (Fsp3) is 0.211. The van der Waals surface area contributed by atoms with Crippen molar-refractivity contribution in [2.45, 2.75) is 11.7 Å². The molecule has 0 bridgehead atoms. The maximum absolute atomic E-state index is 12.8. The molecule has 146 valence electrons. The first-order chi connectivity index (χ1) is 13.2. The van der Waals surface area contributed by atoms with Gasteiger partial charge in [-0.15, -0.1) is 0 Å². The predicted octanol–water partition coefficient (Wildman–Crippen LogP) is 2.02. The second-order valence-corrected chi connectivity index (χ2v) is 9.03. The molecule has 1 fully saturated rings. The summed E-state index contributed by atoms with van der Waals surface area (Å²) in [5.41, 5.74) is 1.07. The van der Waals surface area contributed by atoms with E-state index in [-0.39, 0.29) is 5.75 Å². The fourth-order valence-corrected chi connectivity index (χ4v) is 5.02. The van der Waals surface area contributed by atoms with Crippen molar-refractivity contribution in [1.29, 1.82) is 0 Å². The molecule has 2 aromatic carbocycles. The molecule has 2 aromatic rings. The van der Waals surface area contributed by atoms with Crippen LogP contribution < -0.4 is 10.6 Å². The van der Waals surface area contributed by atoms with E-state index in [0.717, 1.165) is 0 Å². The van der Waals surface area contributed by atoms with Crippen molar-refractivity contribution < 1.29 is 22.8 Å². The Labute approximate surface area is 167 Å². The second-order valence-electron chi connectivity index (χ2n) is 6.48. The van der Waals surface area contributed by atoms with Gasteiger partial charge >= 0.3 is 6.03 Å². The number of nitrogens with one attached hydrogen (secondary N) is 2. The number of imide groups is 2. The Morgan fingerprint density at radius 2 is 1.46 bits per heavy atom. The number of carbonyl (C=O) groups excluding carboxylic acids is 3. The van der Waals surface area contributed by atoms with E-state index in [4.69, 9.17) is 11.6 Å². The number of barbiturate groups is 1. The zero-order chi connectivity index (χ0) is 20.3. The summed E-state index contributed by atoms with van der Waals surface area (Å²) in [6.45, 7) is 0. The third-order valence-corrected chi connectivity index (χ3v) is 6.29. The van der Waals surface area contributed by atoms with E-state index in [1.165, 1.54) is 0 Å². The number of halogens is 1. The first kappa shape index (κ1) is 20.0. The summed E-state index contributed by atoms with van der Waals surface area (Å²) in [5.74, 6) is -4.60. The van der Waals surface area contributed by atoms with Crippen molar-refractivity contribution in [1.82, 2.24) is 10.6 Å². The van der Waals surface area contributed by atoms with Gasteiger partial charge in [-0.05, 0) is 23.3 Å². The first-order valence-electron chi connectivity index (χ1n) is 8.41. The van der Waals surface area contributed by atoms with E-state index in [1.807, 2.05) is 10.6 Å². The average molecular weight is 421 g/mol. The number of benzene rings is 2. The molecule has 0 aromatic heterocycles. The Balaban J connectivity index is 1.91. The van der Waals surface area contributed by atoms with Gasteiger partial charge in [-0.3, -0.25) is 20.2 Å². The lowest BCUT2D eigenvalue weighted by molar-refractivity contribution is -0.136. The van der Waals surface area contributed by atoms with E-state index in [2.05, 4.69) is 0 Å². The minimum absolute atomic E-state index is 0.262. The normalized spacial score (nSPS) is 16.4. The van der Waals surface area contributed by atoms with Crippen LogP contribution in [0.2, 0.25) is 5.02 Å². The van der Waals surface area contributed by atoms with Crippen molar-refractivity contribution in [3.8, 4) is 0 Å². The van der Waals surface area contributed by atoms with Gasteiger partial charge in [-0.2, -0.15) is 0 Å². The highest BCUT2D eigenvalue weighted by Gasteiger charge is 2.42. The Kier molecular flexibility index (Phi) is 5.81. The summed E-state index contributed by atoms with van der Waals surface area (Å²) in [7, 11) is -3.69. The summed E-state index contributed by atoms with van der Waals surface area (Å²) in [5, 5.41) is 4.55. The van der Waals surface area contributed by atoms with Crippen molar-refractivity contribution >= 4 is 39.3 Å². The van der Waals surface area contributed by atoms with Crippen LogP contribution in [0.1, 0.15) is 17.0 Å². The van der Waals surface area contributed by atoms with E-state index in [1.54, 1.807) is 54.6 Å². The highest BCUT2D eigenvalue weighted by molar-refractivity contribution is 7.90. The van der Waals surface area contributed by atoms with Gasteiger partial charge in [0.15, 0.2) is 9.84 Å². The Morgan fingerprint density at radius 3 is 2.04 bits per heavy atom. The standard InChI is InChI=1S/C19H17ClN2O5S/c20-14-8-6-12(7-9-14)10-28(26,27)11-15(13-4-2-1-3-5-13)16-17(23)21-19(25)22-18(16)24/h1-9,15-16H,10-11H2,(H2,21,22,23,24,25). The molecule has 28 heavy (non-hydrogen) atoms. The van der Waals surface area contributed by atoms with E-state index >= 15 is 0 Å². The lowest BCUT2D eigenvalue weighted by Gasteiger charge is -2.28. The van der Waals surface area contributed by atoms with Crippen LogP contribution in [0.5, 0.6) is 0 Å². The van der Waals surface area contributed by atoms with Crippen molar-refractivity contribution in [2.75, 3.05) is 5.75 Å². The van der Waals surface area contributed by atoms with Gasteiger partial charge in [0.05, 0.1) is 11.5 Å². The van der Waals surface area contributed by atoms with Crippen molar-refractivity contribution in [2.24, 2.45) is 5.92 Å². The van der Waals surface area contributed by atoms with E-state index in [0.29, 0.717) is 16.1 Å². The van der Waals surface area contributed by atoms with Crippen LogP contribution in [0.3, 0.4) is 0 Å². The lowest BCUT2D eigenvalue weighted by Crippen LogP contribution is -2.57. The van der Waals surface area contributed by atoms with E-state index < -0.39 is 45.3 Å². The molecular formula is C19H17ClN2O5S. The molecule has 1 aliphatic heterocycles. The summed E-state index contributed by atoms with van der Waals surface area (Å²) in [6, 6.07) is 13.9. The Morgan fingerprint density at radius 1 is 0.893 bits per heavy atom. The molecule has 2 N–H and O–H groups in total. The van der Waals surface area contributed by atoms with E-state index in [9.17, 15) is 22.8 Å². The molecule has 1 atom stereocenters. The fourth-order valence-electron chi connectivity index (χ4n) is 3.15. The van der Waals surface area contributed by atoms with Crippen LogP contribution in [-0.4, -0.2) is 32.0 Å². The third kappa shape index (κ3) is 4.76. The molecular weight excluding hydrogens is 404 g/mol. The number of hydrogen-bond acceptors (Lipinski definition) is 5. The summed E-state index contributed by atoms with van der Waals surface area (Å²) >= 11 is 5.83. The summed E-state index contributed by atoms with van der Waals surface area (Å²) in [4.78, 5) is 36.0. The SMILES string of the molecule is O=C1NC(=O)C(C(CS(=O)(=O)Cc2ccc(Cl)cc2)c2ccccc2)C(=O)N1. The summed E-state index contributed by atoms with van der Waals surface area (Å²) < 4.78 is 25.7. The molecule has 0 spiro atoms. The van der Waals surface area contributed by atoms with Gasteiger partial charge in [0.2, 0.25) is 11.8 Å². The maximum Gasteiger partial charge on any atom is 0.328 e. The molecule has 1 aliphatic rings. The van der Waals surface area contributed by atoms with Crippen LogP contribution >= 0.6 is 11.6 Å². The van der Waals surface area contributed by atoms with Crippen molar-refractivity contribution in [3.63, 3.8) is 0 Å². The van der Waals surface area contributed by atoms with Crippen LogP contribution in [0, 0.1) is 5.92 Å². The zero-order valence-electron chi connectivity index (χ0n) is 14.6. The molecule has 7 nitrogen and oxygen atoms in total. The number of urea groups is 1. The van der Waals surface area contributed by atoms with Gasteiger partial charge in [0, 0.05) is 10.9 Å². The highest BCUT2D eigenvalue weighted by atomic mass is 35.5. The molecule has 1 saturated heterocycles. The first-order valence-corrected chi connectivity index (χ1v) is 10.6. The molecule has 1 unspecified atom stereocenters. The second kappa shape index (κ2) is 8.12. The van der Waals surface area contributed by atoms with Crippen LogP contribution in [-0.2, 0) is 25.2 Å². The van der Waals surface area contributed by atoms with Gasteiger partial charge in [0.1, 0.15) is 5.92 Å². The lowest BCUT2D eigenvalue weighted by atomic mass is 9.85. The topological polar surface area (TPSA) is 109 Å². The summed E-state index contributed by atoms with van der Waals surface area (Å²) in [6.07, 6.45) is 0. The average Bonchev–Trinajstić information content (AvgIpc) is 2.62. The number of hydrogen-bond donors (Lipinski definition) is 2. The number of amides is 4. The van der Waals surface area contributed by atoms with Crippen molar-refractivity contribution in [3.05, 3.63) is 70.7 Å². The van der Waals surface area contributed by atoms with Crippen LogP contribution in [0.4, 0.5) is 4.79 Å². The quantitative estimate of drug-likeness (QED) is 0.695. The molecule has 0 saturated carbocycles. The zero-order valence-corrected chi connectivity index (χ0v) is 16.2. The highest BCUT2D eigenvalue weighted by Crippen LogP contribution is 2.29. The molecule has 9 heteroatoms. The largest absolute Gasteiger partial charge is 0.328 e. The maximum atomic E-state index is 12.8. The number of carbonyl (C=O) groups is 3. The predicted molar refractivity (Wildman–Crippen MR) is 103 cm³/mol. The molecule has 1 heterocycles. The molecule has 0 radical (unpaired) electrons.